The maximum Gasteiger partial charge on any atom is 0.372 e. The molecule has 0 aliphatic rings. The van der Waals surface area contributed by atoms with Gasteiger partial charge in [-0.05, 0) is 30.7 Å². The third-order valence-electron chi connectivity index (χ3n) is 2.82. The number of rotatable bonds is 5. The van der Waals surface area contributed by atoms with Gasteiger partial charge >= 0.3 is 5.97 Å². The first-order valence-corrected chi connectivity index (χ1v) is 7.33. The highest BCUT2D eigenvalue weighted by atomic mass is 79.9. The van der Waals surface area contributed by atoms with E-state index in [0.29, 0.717) is 11.3 Å². The van der Waals surface area contributed by atoms with Crippen LogP contribution >= 0.6 is 15.9 Å². The summed E-state index contributed by atoms with van der Waals surface area (Å²) in [6, 6.07) is 14.6. The molecule has 2 N–H and O–H groups in total. The zero-order valence-electron chi connectivity index (χ0n) is 12.0. The maximum atomic E-state index is 11.6. The van der Waals surface area contributed by atoms with Crippen LogP contribution in [0.25, 0.3) is 0 Å². The second kappa shape index (κ2) is 7.61. The van der Waals surface area contributed by atoms with E-state index in [0.717, 1.165) is 10.0 Å². The summed E-state index contributed by atoms with van der Waals surface area (Å²) in [6.07, 6.45) is 0. The summed E-state index contributed by atoms with van der Waals surface area (Å²) in [7, 11) is 0. The van der Waals surface area contributed by atoms with Gasteiger partial charge in [0.2, 0.25) is 0 Å². The van der Waals surface area contributed by atoms with Crippen molar-refractivity contribution in [1.82, 2.24) is 0 Å². The number of hydrogen-bond acceptors (Lipinski definition) is 4. The number of hydrogen-bond donors (Lipinski definition) is 1. The molecule has 0 unspecified atom stereocenters. The van der Waals surface area contributed by atoms with E-state index >= 15 is 0 Å². The van der Waals surface area contributed by atoms with Crippen LogP contribution in [-0.2, 0) is 9.63 Å². The highest BCUT2D eigenvalue weighted by Crippen LogP contribution is 2.16. The zero-order valence-corrected chi connectivity index (χ0v) is 13.5. The summed E-state index contributed by atoms with van der Waals surface area (Å²) in [5.74, 6) is 0.129. The number of carbonyl (C=O) groups excluding carboxylic acids is 1. The standard InChI is InChI=1S/C16H15BrN2O3/c1-11-4-2-3-5-14(11)21-10-15(20)22-19-16(18)12-6-8-13(17)9-7-12/h2-9H,10H2,1H3,(H2,18,19). The quantitative estimate of drug-likeness (QED) is 0.384. The molecule has 22 heavy (non-hydrogen) atoms. The number of halogens is 1. The number of amidine groups is 1. The van der Waals surface area contributed by atoms with Crippen LogP contribution < -0.4 is 10.5 Å². The van der Waals surface area contributed by atoms with Crippen molar-refractivity contribution in [3.8, 4) is 5.75 Å². The Hall–Kier alpha value is -2.34. The van der Waals surface area contributed by atoms with Crippen LogP contribution in [0.3, 0.4) is 0 Å². The van der Waals surface area contributed by atoms with Crippen molar-refractivity contribution >= 4 is 27.7 Å². The average Bonchev–Trinajstić information content (AvgIpc) is 2.52. The topological polar surface area (TPSA) is 73.9 Å². The molecule has 0 bridgehead atoms. The Kier molecular flexibility index (Phi) is 5.55. The number of nitrogens with zero attached hydrogens (tertiary/aromatic N) is 1. The summed E-state index contributed by atoms with van der Waals surface area (Å²) < 4.78 is 6.29. The molecule has 2 aromatic rings. The smallest absolute Gasteiger partial charge is 0.372 e. The van der Waals surface area contributed by atoms with Crippen LogP contribution in [0.4, 0.5) is 0 Å². The molecule has 5 nitrogen and oxygen atoms in total. The van der Waals surface area contributed by atoms with E-state index < -0.39 is 5.97 Å². The molecule has 0 amide bonds. The van der Waals surface area contributed by atoms with Crippen molar-refractivity contribution < 1.29 is 14.4 Å². The molecule has 0 aromatic heterocycles. The molecule has 0 saturated carbocycles. The lowest BCUT2D eigenvalue weighted by Gasteiger charge is -2.07. The minimum Gasteiger partial charge on any atom is -0.482 e. The lowest BCUT2D eigenvalue weighted by Crippen LogP contribution is -2.18. The number of benzene rings is 2. The van der Waals surface area contributed by atoms with Crippen LogP contribution in [0.2, 0.25) is 0 Å². The summed E-state index contributed by atoms with van der Waals surface area (Å²) >= 11 is 3.32. The molecule has 0 saturated heterocycles. The molecular weight excluding hydrogens is 348 g/mol. The van der Waals surface area contributed by atoms with E-state index in [1.54, 1.807) is 18.2 Å². The molecule has 0 aliphatic heterocycles. The van der Waals surface area contributed by atoms with Crippen LogP contribution in [0.15, 0.2) is 58.2 Å². The predicted molar refractivity (Wildman–Crippen MR) is 87.6 cm³/mol. The first kappa shape index (κ1) is 16.0. The fourth-order valence-corrected chi connectivity index (χ4v) is 1.92. The monoisotopic (exact) mass is 362 g/mol. The van der Waals surface area contributed by atoms with E-state index in [1.165, 1.54) is 0 Å². The minimum atomic E-state index is -0.622. The summed E-state index contributed by atoms with van der Waals surface area (Å²) in [4.78, 5) is 16.3. The number of ether oxygens (including phenoxy) is 1. The first-order valence-electron chi connectivity index (χ1n) is 6.54. The molecule has 0 atom stereocenters. The lowest BCUT2D eigenvalue weighted by molar-refractivity contribution is -0.146. The predicted octanol–water partition coefficient (Wildman–Crippen LogP) is 3.00. The number of aryl methyl sites for hydroxylation is 1. The van der Waals surface area contributed by atoms with E-state index in [2.05, 4.69) is 21.1 Å². The van der Waals surface area contributed by atoms with Crippen LogP contribution in [0.5, 0.6) is 5.75 Å². The third kappa shape index (κ3) is 4.60. The lowest BCUT2D eigenvalue weighted by atomic mass is 10.2. The van der Waals surface area contributed by atoms with Gasteiger partial charge in [-0.3, -0.25) is 0 Å². The van der Waals surface area contributed by atoms with Gasteiger partial charge in [-0.1, -0.05) is 51.4 Å². The van der Waals surface area contributed by atoms with Gasteiger partial charge in [-0.15, -0.1) is 0 Å². The molecule has 114 valence electrons. The van der Waals surface area contributed by atoms with Crippen molar-refractivity contribution in [2.45, 2.75) is 6.92 Å². The SMILES string of the molecule is Cc1ccccc1OCC(=O)ON=C(N)c1ccc(Br)cc1. The Morgan fingerprint density at radius 2 is 1.86 bits per heavy atom. The molecule has 0 spiro atoms. The highest BCUT2D eigenvalue weighted by Gasteiger charge is 2.07. The van der Waals surface area contributed by atoms with Crippen LogP contribution in [-0.4, -0.2) is 18.4 Å². The van der Waals surface area contributed by atoms with Crippen LogP contribution in [0.1, 0.15) is 11.1 Å². The number of carbonyl (C=O) groups is 1. The molecule has 2 aromatic carbocycles. The highest BCUT2D eigenvalue weighted by molar-refractivity contribution is 9.10. The Morgan fingerprint density at radius 3 is 2.55 bits per heavy atom. The summed E-state index contributed by atoms with van der Waals surface area (Å²) in [5.41, 5.74) is 7.34. The molecule has 6 heteroatoms. The van der Waals surface area contributed by atoms with Crippen LogP contribution in [0, 0.1) is 6.92 Å². The van der Waals surface area contributed by atoms with E-state index in [1.807, 2.05) is 37.3 Å². The molecule has 0 fully saturated rings. The van der Waals surface area contributed by atoms with Gasteiger partial charge in [0.05, 0.1) is 0 Å². The minimum absolute atomic E-state index is 0.122. The van der Waals surface area contributed by atoms with Gasteiger partial charge in [0.25, 0.3) is 0 Å². The number of nitrogens with two attached hydrogens (primary N) is 1. The second-order valence-electron chi connectivity index (χ2n) is 4.50. The van der Waals surface area contributed by atoms with E-state index in [4.69, 9.17) is 15.3 Å². The molecular formula is C16H15BrN2O3. The summed E-state index contributed by atoms with van der Waals surface area (Å²) in [6.45, 7) is 1.66. The van der Waals surface area contributed by atoms with Gasteiger partial charge in [-0.2, -0.15) is 0 Å². The second-order valence-corrected chi connectivity index (χ2v) is 5.42. The number of para-hydroxylation sites is 1. The van der Waals surface area contributed by atoms with Crippen molar-refractivity contribution in [1.29, 1.82) is 0 Å². The fourth-order valence-electron chi connectivity index (χ4n) is 1.65. The van der Waals surface area contributed by atoms with Gasteiger partial charge in [0.15, 0.2) is 12.4 Å². The zero-order chi connectivity index (χ0) is 15.9. The Morgan fingerprint density at radius 1 is 1.18 bits per heavy atom. The van der Waals surface area contributed by atoms with Crippen molar-refractivity contribution in [2.75, 3.05) is 6.61 Å². The van der Waals surface area contributed by atoms with Crippen molar-refractivity contribution in [3.63, 3.8) is 0 Å². The number of oxime groups is 1. The third-order valence-corrected chi connectivity index (χ3v) is 3.35. The molecule has 0 radical (unpaired) electrons. The Bertz CT molecular complexity index is 684. The normalized spacial score (nSPS) is 11.1. The average molecular weight is 363 g/mol. The first-order chi connectivity index (χ1) is 10.6. The molecule has 2 rings (SSSR count). The molecule has 0 heterocycles. The Labute approximate surface area is 136 Å². The van der Waals surface area contributed by atoms with Gasteiger partial charge < -0.3 is 15.3 Å². The van der Waals surface area contributed by atoms with E-state index in [9.17, 15) is 4.79 Å². The Balaban J connectivity index is 1.88. The summed E-state index contributed by atoms with van der Waals surface area (Å²) in [5, 5.41) is 3.61. The largest absolute Gasteiger partial charge is 0.482 e. The van der Waals surface area contributed by atoms with Crippen molar-refractivity contribution in [2.24, 2.45) is 10.9 Å². The fraction of sp³-hybridized carbons (Fsp3) is 0.125. The van der Waals surface area contributed by atoms with Gasteiger partial charge in [0, 0.05) is 10.0 Å². The van der Waals surface area contributed by atoms with Crippen molar-refractivity contribution in [3.05, 3.63) is 64.1 Å². The van der Waals surface area contributed by atoms with E-state index in [-0.39, 0.29) is 12.4 Å². The maximum absolute atomic E-state index is 11.6. The van der Waals surface area contributed by atoms with Gasteiger partial charge in [0.1, 0.15) is 5.75 Å². The molecule has 0 aliphatic carbocycles. The van der Waals surface area contributed by atoms with Gasteiger partial charge in [-0.25, -0.2) is 4.79 Å².